The van der Waals surface area contributed by atoms with Gasteiger partial charge in [0.15, 0.2) is 5.78 Å². The van der Waals surface area contributed by atoms with Crippen LogP contribution in [0.4, 0.5) is 10.5 Å². The number of nitrogens with zero attached hydrogens (tertiary/aromatic N) is 2. The van der Waals surface area contributed by atoms with Gasteiger partial charge in [-0.25, -0.2) is 9.78 Å². The second kappa shape index (κ2) is 7.11. The maximum absolute atomic E-state index is 13.2. The van der Waals surface area contributed by atoms with Crippen LogP contribution in [0.1, 0.15) is 38.1 Å². The molecule has 2 aromatic rings. The number of fused-ring (bicyclic) bond motifs is 1. The molecule has 1 atom stereocenters. The van der Waals surface area contributed by atoms with Crippen LogP contribution in [0.5, 0.6) is 0 Å². The first-order valence-electron chi connectivity index (χ1n) is 8.57. The average molecular weight is 355 g/mol. The van der Waals surface area contributed by atoms with Gasteiger partial charge in [0.25, 0.3) is 5.56 Å². The van der Waals surface area contributed by atoms with Crippen molar-refractivity contribution >= 4 is 28.5 Å². The van der Waals surface area contributed by atoms with Gasteiger partial charge in [0.2, 0.25) is 0 Å². The van der Waals surface area contributed by atoms with Crippen molar-refractivity contribution in [1.82, 2.24) is 9.55 Å². The van der Waals surface area contributed by atoms with E-state index in [4.69, 9.17) is 4.74 Å². The lowest BCUT2D eigenvalue weighted by atomic mass is 9.90. The smallest absolute Gasteiger partial charge is 0.411 e. The molecule has 1 aliphatic carbocycles. The van der Waals surface area contributed by atoms with Crippen molar-refractivity contribution < 1.29 is 14.3 Å². The standard InChI is InChI=1S/C19H21N3O4/c1-4-26-19(25)21-14-7-5-6-13-17(14)18(24)22(12(3)20-13)15-9-8-11(2)10-16(15)23/h5-7,15H,2,4,8-10H2,1,3H3,(H,21,25). The molecule has 1 fully saturated rings. The van der Waals surface area contributed by atoms with Crippen molar-refractivity contribution in [2.75, 3.05) is 11.9 Å². The number of Topliss-reactive ketones (excluding diaryl/α,β-unsaturated/α-hetero) is 1. The van der Waals surface area contributed by atoms with Crippen molar-refractivity contribution in [3.8, 4) is 0 Å². The SMILES string of the molecule is C=C1CCC(n2c(C)nc3cccc(NC(=O)OCC)c3c2=O)C(=O)C1. The van der Waals surface area contributed by atoms with Crippen LogP contribution in [0.15, 0.2) is 35.1 Å². The van der Waals surface area contributed by atoms with Gasteiger partial charge in [-0.05, 0) is 38.8 Å². The van der Waals surface area contributed by atoms with E-state index in [0.29, 0.717) is 29.9 Å². The highest BCUT2D eigenvalue weighted by atomic mass is 16.5. The highest BCUT2D eigenvalue weighted by Crippen LogP contribution is 2.29. The van der Waals surface area contributed by atoms with Crippen molar-refractivity contribution in [1.29, 1.82) is 0 Å². The predicted octanol–water partition coefficient (Wildman–Crippen LogP) is 3.12. The largest absolute Gasteiger partial charge is 0.450 e. The van der Waals surface area contributed by atoms with E-state index in [1.165, 1.54) is 4.57 Å². The summed E-state index contributed by atoms with van der Waals surface area (Å²) in [6, 6.07) is 4.47. The number of allylic oxidation sites excluding steroid dienone is 1. The molecule has 1 saturated carbocycles. The van der Waals surface area contributed by atoms with Crippen molar-refractivity contribution in [3.05, 3.63) is 46.5 Å². The van der Waals surface area contributed by atoms with E-state index < -0.39 is 12.1 Å². The molecule has 1 aromatic carbocycles. The fourth-order valence-electron chi connectivity index (χ4n) is 3.33. The Morgan fingerprint density at radius 3 is 2.88 bits per heavy atom. The molecule has 0 bridgehead atoms. The number of aromatic nitrogens is 2. The first kappa shape index (κ1) is 17.8. The molecule has 3 rings (SSSR count). The van der Waals surface area contributed by atoms with Crippen LogP contribution in [0.3, 0.4) is 0 Å². The van der Waals surface area contributed by atoms with E-state index in [1.54, 1.807) is 32.0 Å². The Morgan fingerprint density at radius 1 is 1.42 bits per heavy atom. The van der Waals surface area contributed by atoms with Crippen LogP contribution in [0.2, 0.25) is 0 Å². The number of anilines is 1. The van der Waals surface area contributed by atoms with Crippen LogP contribution in [0, 0.1) is 6.92 Å². The van der Waals surface area contributed by atoms with Gasteiger partial charge in [-0.15, -0.1) is 0 Å². The Balaban J connectivity index is 2.14. The second-order valence-electron chi connectivity index (χ2n) is 6.33. The van der Waals surface area contributed by atoms with Crippen molar-refractivity contribution in [2.24, 2.45) is 0 Å². The van der Waals surface area contributed by atoms with E-state index in [9.17, 15) is 14.4 Å². The summed E-state index contributed by atoms with van der Waals surface area (Å²) < 4.78 is 6.33. The molecule has 7 heteroatoms. The molecule has 1 aliphatic rings. The zero-order valence-electron chi connectivity index (χ0n) is 14.9. The molecule has 1 heterocycles. The number of carbonyl (C=O) groups excluding carboxylic acids is 2. The van der Waals surface area contributed by atoms with Gasteiger partial charge < -0.3 is 4.74 Å². The summed E-state index contributed by atoms with van der Waals surface area (Å²) in [4.78, 5) is 41.9. The summed E-state index contributed by atoms with van der Waals surface area (Å²) in [6.45, 7) is 7.50. The molecule has 136 valence electrons. The summed E-state index contributed by atoms with van der Waals surface area (Å²) in [5.74, 6) is 0.435. The number of nitrogens with one attached hydrogen (secondary N) is 1. The van der Waals surface area contributed by atoms with E-state index in [2.05, 4.69) is 16.9 Å². The zero-order chi connectivity index (χ0) is 18.8. The number of aryl methyl sites for hydroxylation is 1. The van der Waals surface area contributed by atoms with E-state index in [1.807, 2.05) is 0 Å². The first-order valence-corrected chi connectivity index (χ1v) is 8.57. The highest BCUT2D eigenvalue weighted by Gasteiger charge is 2.29. The molecule has 26 heavy (non-hydrogen) atoms. The molecule has 1 N–H and O–H groups in total. The third-order valence-electron chi connectivity index (χ3n) is 4.50. The van der Waals surface area contributed by atoms with E-state index in [0.717, 1.165) is 5.57 Å². The van der Waals surface area contributed by atoms with Gasteiger partial charge in [-0.2, -0.15) is 0 Å². The van der Waals surface area contributed by atoms with E-state index in [-0.39, 0.29) is 29.8 Å². The minimum atomic E-state index is -0.642. The minimum Gasteiger partial charge on any atom is -0.450 e. The Labute approximate surface area is 150 Å². The summed E-state index contributed by atoms with van der Waals surface area (Å²) >= 11 is 0. The van der Waals surface area contributed by atoms with Crippen molar-refractivity contribution in [3.63, 3.8) is 0 Å². The number of amides is 1. The van der Waals surface area contributed by atoms with Gasteiger partial charge in [0.1, 0.15) is 5.82 Å². The molecular weight excluding hydrogens is 334 g/mol. The lowest BCUT2D eigenvalue weighted by Crippen LogP contribution is -2.35. The predicted molar refractivity (Wildman–Crippen MR) is 98.4 cm³/mol. The van der Waals surface area contributed by atoms with Gasteiger partial charge in [0, 0.05) is 6.42 Å². The van der Waals surface area contributed by atoms with Gasteiger partial charge >= 0.3 is 6.09 Å². The normalized spacial score (nSPS) is 17.4. The second-order valence-corrected chi connectivity index (χ2v) is 6.33. The summed E-state index contributed by atoms with van der Waals surface area (Å²) in [7, 11) is 0. The Bertz CT molecular complexity index is 961. The summed E-state index contributed by atoms with van der Waals surface area (Å²) in [6.07, 6.45) is 0.857. The molecular formula is C19H21N3O4. The molecule has 7 nitrogen and oxygen atoms in total. The molecule has 0 radical (unpaired) electrons. The number of benzene rings is 1. The zero-order valence-corrected chi connectivity index (χ0v) is 14.9. The molecule has 1 amide bonds. The van der Waals surface area contributed by atoms with Gasteiger partial charge in [-0.1, -0.05) is 18.2 Å². The number of ether oxygens (including phenoxy) is 1. The first-order chi connectivity index (χ1) is 12.4. The van der Waals surface area contributed by atoms with Crippen LogP contribution in [0.25, 0.3) is 10.9 Å². The van der Waals surface area contributed by atoms with Crippen LogP contribution in [-0.2, 0) is 9.53 Å². The summed E-state index contributed by atoms with van der Waals surface area (Å²) in [5, 5.41) is 2.85. The van der Waals surface area contributed by atoms with Gasteiger partial charge in [0.05, 0.1) is 29.2 Å². The Hall–Kier alpha value is -2.96. The lowest BCUT2D eigenvalue weighted by Gasteiger charge is -2.25. The fourth-order valence-corrected chi connectivity index (χ4v) is 3.33. The third-order valence-corrected chi connectivity index (χ3v) is 4.50. The number of rotatable bonds is 3. The summed E-state index contributed by atoms with van der Waals surface area (Å²) in [5.41, 5.74) is 1.33. The highest BCUT2D eigenvalue weighted by molar-refractivity contribution is 5.98. The quantitative estimate of drug-likeness (QED) is 0.854. The van der Waals surface area contributed by atoms with Crippen LogP contribution < -0.4 is 10.9 Å². The molecule has 0 aliphatic heterocycles. The molecule has 0 spiro atoms. The molecule has 1 unspecified atom stereocenters. The Morgan fingerprint density at radius 2 is 2.19 bits per heavy atom. The maximum atomic E-state index is 13.2. The van der Waals surface area contributed by atoms with E-state index >= 15 is 0 Å². The maximum Gasteiger partial charge on any atom is 0.411 e. The van der Waals surface area contributed by atoms with Crippen LogP contribution >= 0.6 is 0 Å². The fraction of sp³-hybridized carbons (Fsp3) is 0.368. The lowest BCUT2D eigenvalue weighted by molar-refractivity contribution is -0.122. The van der Waals surface area contributed by atoms with Crippen LogP contribution in [-0.4, -0.2) is 28.0 Å². The molecule has 1 aromatic heterocycles. The Kier molecular flexibility index (Phi) is 4.88. The van der Waals surface area contributed by atoms with Crippen molar-refractivity contribution in [2.45, 2.75) is 39.2 Å². The average Bonchev–Trinajstić information content (AvgIpc) is 2.56. The third kappa shape index (κ3) is 3.24. The minimum absolute atomic E-state index is 0.0385. The number of ketones is 1. The van der Waals surface area contributed by atoms with Gasteiger partial charge in [-0.3, -0.25) is 19.5 Å². The number of hydrogen-bond donors (Lipinski definition) is 1. The molecule has 0 saturated heterocycles. The monoisotopic (exact) mass is 355 g/mol. The topological polar surface area (TPSA) is 90.3 Å². The number of hydrogen-bond acceptors (Lipinski definition) is 5. The number of carbonyl (C=O) groups is 2.